The van der Waals surface area contributed by atoms with Crippen molar-refractivity contribution in [3.8, 4) is 0 Å². The van der Waals surface area contributed by atoms with E-state index in [1.165, 1.54) is 5.57 Å². The fourth-order valence-corrected chi connectivity index (χ4v) is 0.937. The van der Waals surface area contributed by atoms with E-state index in [-0.39, 0.29) is 0 Å². The third-order valence-corrected chi connectivity index (χ3v) is 1.60. The molecule has 0 atom stereocenters. The molecule has 0 radical (unpaired) electrons. The molecule has 0 bridgehead atoms. The Morgan fingerprint density at radius 2 is 2.30 bits per heavy atom. The molecular formula is C8H11NO. The zero-order valence-electron chi connectivity index (χ0n) is 6.05. The molecule has 1 rings (SSSR count). The second kappa shape index (κ2) is 3.20. The summed E-state index contributed by atoms with van der Waals surface area (Å²) in [7, 11) is 0. The first-order valence-corrected chi connectivity index (χ1v) is 3.39. The molecule has 0 aromatic heterocycles. The van der Waals surface area contributed by atoms with E-state index in [1.54, 1.807) is 0 Å². The number of amides is 1. The Labute approximate surface area is 60.6 Å². The molecule has 0 fully saturated rings. The quantitative estimate of drug-likeness (QED) is 0.572. The molecule has 1 aliphatic carbocycles. The number of hydrogen-bond donors (Lipinski definition) is 1. The van der Waals surface area contributed by atoms with Crippen molar-refractivity contribution >= 4 is 6.41 Å². The lowest BCUT2D eigenvalue weighted by Gasteiger charge is -2.09. The summed E-state index contributed by atoms with van der Waals surface area (Å²) in [5.41, 5.74) is 2.39. The van der Waals surface area contributed by atoms with Gasteiger partial charge in [0.2, 0.25) is 6.41 Å². The van der Waals surface area contributed by atoms with Crippen molar-refractivity contribution in [2.75, 3.05) is 0 Å². The summed E-state index contributed by atoms with van der Waals surface area (Å²) in [5, 5.41) is 2.64. The maximum Gasteiger partial charge on any atom is 0.211 e. The van der Waals surface area contributed by atoms with Crippen LogP contribution in [0.25, 0.3) is 0 Å². The molecule has 2 heteroatoms. The van der Waals surface area contributed by atoms with Crippen LogP contribution in [0.1, 0.15) is 19.8 Å². The van der Waals surface area contributed by atoms with Crippen LogP contribution >= 0.6 is 0 Å². The van der Waals surface area contributed by atoms with Gasteiger partial charge < -0.3 is 5.32 Å². The monoisotopic (exact) mass is 137 g/mol. The fourth-order valence-electron chi connectivity index (χ4n) is 0.937. The maximum absolute atomic E-state index is 9.98. The minimum absolute atomic E-state index is 0.723. The maximum atomic E-state index is 9.98. The second-order valence-corrected chi connectivity index (χ2v) is 2.47. The van der Waals surface area contributed by atoms with Gasteiger partial charge in [0.15, 0.2) is 0 Å². The van der Waals surface area contributed by atoms with Gasteiger partial charge >= 0.3 is 0 Å². The average Bonchev–Trinajstić information content (AvgIpc) is 1.95. The Hall–Kier alpha value is -1.05. The van der Waals surface area contributed by atoms with E-state index in [1.807, 2.05) is 12.2 Å². The molecule has 1 amide bonds. The summed E-state index contributed by atoms with van der Waals surface area (Å²) in [5.74, 6) is 0. The highest BCUT2D eigenvalue weighted by Crippen LogP contribution is 2.14. The molecule has 0 aliphatic heterocycles. The summed E-state index contributed by atoms with van der Waals surface area (Å²) in [4.78, 5) is 9.98. The van der Waals surface area contributed by atoms with Crippen molar-refractivity contribution in [2.24, 2.45) is 0 Å². The minimum atomic E-state index is 0.723. The van der Waals surface area contributed by atoms with E-state index in [2.05, 4.69) is 12.2 Å². The van der Waals surface area contributed by atoms with Crippen LogP contribution in [0.3, 0.4) is 0 Å². The van der Waals surface area contributed by atoms with Crippen LogP contribution in [-0.4, -0.2) is 6.41 Å². The highest BCUT2D eigenvalue weighted by Gasteiger charge is 2.00. The van der Waals surface area contributed by atoms with E-state index in [0.29, 0.717) is 0 Å². The van der Waals surface area contributed by atoms with Gasteiger partial charge in [-0.2, -0.15) is 0 Å². The summed E-state index contributed by atoms with van der Waals surface area (Å²) < 4.78 is 0. The highest BCUT2D eigenvalue weighted by atomic mass is 16.1. The number of nitrogens with one attached hydrogen (secondary N) is 1. The number of hydrogen-bond acceptors (Lipinski definition) is 1. The standard InChI is InChI=1S/C8H11NO/c1-7-2-4-8(5-3-7)9-6-10/h2,4,6H,3,5H2,1H3,(H,9,10). The lowest BCUT2D eigenvalue weighted by molar-refractivity contribution is -0.109. The van der Waals surface area contributed by atoms with Crippen molar-refractivity contribution in [3.05, 3.63) is 23.4 Å². The molecule has 0 aromatic rings. The van der Waals surface area contributed by atoms with Crippen LogP contribution in [0.15, 0.2) is 23.4 Å². The molecule has 0 unspecified atom stereocenters. The summed E-state index contributed by atoms with van der Waals surface area (Å²) in [6.45, 7) is 2.09. The summed E-state index contributed by atoms with van der Waals surface area (Å²) >= 11 is 0. The largest absolute Gasteiger partial charge is 0.332 e. The molecule has 2 nitrogen and oxygen atoms in total. The topological polar surface area (TPSA) is 29.1 Å². The third-order valence-electron chi connectivity index (χ3n) is 1.60. The van der Waals surface area contributed by atoms with Crippen LogP contribution in [0, 0.1) is 0 Å². The minimum Gasteiger partial charge on any atom is -0.332 e. The molecule has 54 valence electrons. The van der Waals surface area contributed by atoms with Crippen molar-refractivity contribution in [3.63, 3.8) is 0 Å². The van der Waals surface area contributed by atoms with Gasteiger partial charge in [0.05, 0.1) is 0 Å². The first-order valence-electron chi connectivity index (χ1n) is 3.39. The molecule has 10 heavy (non-hydrogen) atoms. The molecule has 0 heterocycles. The zero-order valence-corrected chi connectivity index (χ0v) is 6.05. The van der Waals surface area contributed by atoms with Gasteiger partial charge in [0.1, 0.15) is 0 Å². The predicted molar refractivity (Wildman–Crippen MR) is 40.3 cm³/mol. The highest BCUT2D eigenvalue weighted by molar-refractivity contribution is 5.50. The van der Waals surface area contributed by atoms with Gasteiger partial charge in [-0.15, -0.1) is 0 Å². The third kappa shape index (κ3) is 1.72. The molecule has 0 aromatic carbocycles. The Morgan fingerprint density at radius 1 is 1.50 bits per heavy atom. The van der Waals surface area contributed by atoms with Crippen molar-refractivity contribution in [1.82, 2.24) is 5.32 Å². The number of carbonyl (C=O) groups is 1. The number of allylic oxidation sites excluding steroid dienone is 4. The van der Waals surface area contributed by atoms with Gasteiger partial charge in [-0.25, -0.2) is 0 Å². The van der Waals surface area contributed by atoms with Crippen LogP contribution in [0.2, 0.25) is 0 Å². The predicted octanol–water partition coefficient (Wildman–Crippen LogP) is 1.36. The van der Waals surface area contributed by atoms with Gasteiger partial charge in [-0.1, -0.05) is 11.6 Å². The SMILES string of the molecule is CC1=CC=C(NC=O)CC1. The fraction of sp³-hybridized carbons (Fsp3) is 0.375. The first kappa shape index (κ1) is 7.06. The molecule has 1 N–H and O–H groups in total. The van der Waals surface area contributed by atoms with Crippen LogP contribution in [0.5, 0.6) is 0 Å². The number of carbonyl (C=O) groups excluding carboxylic acids is 1. The lowest BCUT2D eigenvalue weighted by atomic mass is 10.0. The Morgan fingerprint density at radius 3 is 2.80 bits per heavy atom. The summed E-state index contributed by atoms with van der Waals surface area (Å²) in [6, 6.07) is 0. The van der Waals surface area contributed by atoms with E-state index in [4.69, 9.17) is 0 Å². The Balaban J connectivity index is 2.55. The van der Waals surface area contributed by atoms with Crippen LogP contribution < -0.4 is 5.32 Å². The van der Waals surface area contributed by atoms with Gasteiger partial charge in [0, 0.05) is 5.70 Å². The second-order valence-electron chi connectivity index (χ2n) is 2.47. The molecular weight excluding hydrogens is 126 g/mol. The van der Waals surface area contributed by atoms with Crippen LogP contribution in [-0.2, 0) is 4.79 Å². The van der Waals surface area contributed by atoms with Crippen molar-refractivity contribution in [1.29, 1.82) is 0 Å². The molecule has 0 saturated carbocycles. The van der Waals surface area contributed by atoms with E-state index < -0.39 is 0 Å². The summed E-state index contributed by atoms with van der Waals surface area (Å²) in [6.07, 6.45) is 6.73. The van der Waals surface area contributed by atoms with Gasteiger partial charge in [-0.3, -0.25) is 4.79 Å². The van der Waals surface area contributed by atoms with Gasteiger partial charge in [0.25, 0.3) is 0 Å². The lowest BCUT2D eigenvalue weighted by Crippen LogP contribution is -2.11. The van der Waals surface area contributed by atoms with E-state index in [9.17, 15) is 4.79 Å². The van der Waals surface area contributed by atoms with Crippen molar-refractivity contribution < 1.29 is 4.79 Å². The average molecular weight is 137 g/mol. The Kier molecular flexibility index (Phi) is 2.26. The molecule has 0 spiro atoms. The van der Waals surface area contributed by atoms with Crippen LogP contribution in [0.4, 0.5) is 0 Å². The number of rotatable bonds is 2. The Bertz CT molecular complexity index is 191. The first-order chi connectivity index (χ1) is 4.83. The molecule has 0 saturated heterocycles. The molecule has 1 aliphatic rings. The van der Waals surface area contributed by atoms with Gasteiger partial charge in [-0.05, 0) is 25.8 Å². The van der Waals surface area contributed by atoms with E-state index >= 15 is 0 Å². The van der Waals surface area contributed by atoms with Crippen molar-refractivity contribution in [2.45, 2.75) is 19.8 Å². The smallest absolute Gasteiger partial charge is 0.211 e. The normalized spacial score (nSPS) is 17.3. The van der Waals surface area contributed by atoms with E-state index in [0.717, 1.165) is 24.9 Å². The zero-order chi connectivity index (χ0) is 7.40.